The molecule has 3 heteroatoms. The highest BCUT2D eigenvalue weighted by Gasteiger charge is 1.90. The Morgan fingerprint density at radius 3 is 2.67 bits per heavy atom. The summed E-state index contributed by atoms with van der Waals surface area (Å²) in [4.78, 5) is 0. The molecule has 0 radical (unpaired) electrons. The van der Waals surface area contributed by atoms with E-state index in [1.807, 2.05) is 27.0 Å². The Hall–Kier alpha value is -1.30. The normalized spacial score (nSPS) is 8.17. The maximum absolute atomic E-state index is 8.24. The van der Waals surface area contributed by atoms with E-state index in [0.717, 1.165) is 5.56 Å². The van der Waals surface area contributed by atoms with Crippen molar-refractivity contribution in [2.24, 2.45) is 0 Å². The van der Waals surface area contributed by atoms with Crippen LogP contribution in [0.1, 0.15) is 25.8 Å². The Bertz CT molecular complexity index is 245. The van der Waals surface area contributed by atoms with E-state index in [4.69, 9.17) is 5.26 Å². The van der Waals surface area contributed by atoms with Gasteiger partial charge in [-0.2, -0.15) is 10.4 Å². The number of aromatic nitrogens is 2. The number of nitrogens with zero attached hydrogens (tertiary/aromatic N) is 3. The maximum Gasteiger partial charge on any atom is 0.0641 e. The summed E-state index contributed by atoms with van der Waals surface area (Å²) < 4.78 is 1.78. The highest BCUT2D eigenvalue weighted by molar-refractivity contribution is 4.99. The zero-order valence-corrected chi connectivity index (χ0v) is 7.91. The van der Waals surface area contributed by atoms with Crippen LogP contribution in [0.2, 0.25) is 0 Å². The number of hydrogen-bond donors (Lipinski definition) is 0. The molecule has 0 aliphatic carbocycles. The van der Waals surface area contributed by atoms with E-state index in [1.165, 1.54) is 0 Å². The van der Waals surface area contributed by atoms with Crippen molar-refractivity contribution in [2.45, 2.75) is 33.7 Å². The minimum Gasteiger partial charge on any atom is -0.271 e. The summed E-state index contributed by atoms with van der Waals surface area (Å²) in [6.45, 7) is 6.68. The Morgan fingerprint density at radius 1 is 1.58 bits per heavy atom. The van der Waals surface area contributed by atoms with Crippen LogP contribution in [0, 0.1) is 18.3 Å². The van der Waals surface area contributed by atoms with Gasteiger partial charge in [0.1, 0.15) is 0 Å². The van der Waals surface area contributed by atoms with Gasteiger partial charge in [0.15, 0.2) is 0 Å². The SMILES string of the molecule is CC.Cc1cnn(CCC#N)c1. The summed E-state index contributed by atoms with van der Waals surface area (Å²) in [6.07, 6.45) is 4.25. The first kappa shape index (κ1) is 10.7. The van der Waals surface area contributed by atoms with Crippen molar-refractivity contribution in [1.82, 2.24) is 9.78 Å². The van der Waals surface area contributed by atoms with Crippen molar-refractivity contribution in [3.8, 4) is 6.07 Å². The topological polar surface area (TPSA) is 41.6 Å². The largest absolute Gasteiger partial charge is 0.271 e. The molecular weight excluding hydrogens is 150 g/mol. The summed E-state index contributed by atoms with van der Waals surface area (Å²) in [5, 5.41) is 12.3. The van der Waals surface area contributed by atoms with E-state index < -0.39 is 0 Å². The molecule has 66 valence electrons. The smallest absolute Gasteiger partial charge is 0.0641 e. The molecule has 0 saturated heterocycles. The summed E-state index contributed by atoms with van der Waals surface area (Å²) in [5.74, 6) is 0. The summed E-state index contributed by atoms with van der Waals surface area (Å²) in [5.41, 5.74) is 1.14. The Kier molecular flexibility index (Phi) is 5.72. The predicted molar refractivity (Wildman–Crippen MR) is 48.5 cm³/mol. The summed E-state index contributed by atoms with van der Waals surface area (Å²) >= 11 is 0. The van der Waals surface area contributed by atoms with E-state index in [9.17, 15) is 0 Å². The minimum absolute atomic E-state index is 0.529. The Morgan fingerprint density at radius 2 is 2.25 bits per heavy atom. The summed E-state index contributed by atoms with van der Waals surface area (Å²) in [6, 6.07) is 2.06. The molecule has 1 heterocycles. The van der Waals surface area contributed by atoms with Crippen molar-refractivity contribution < 1.29 is 0 Å². The molecule has 0 fully saturated rings. The standard InChI is InChI=1S/C7H9N3.C2H6/c1-7-5-9-10(6-7)4-2-3-8;1-2/h5-6H,2,4H2,1H3;1-2H3. The molecule has 0 aliphatic rings. The van der Waals surface area contributed by atoms with Crippen molar-refractivity contribution in [3.05, 3.63) is 18.0 Å². The average molecular weight is 165 g/mol. The average Bonchev–Trinajstić information content (AvgIpc) is 2.51. The van der Waals surface area contributed by atoms with Crippen LogP contribution in [-0.4, -0.2) is 9.78 Å². The van der Waals surface area contributed by atoms with Crippen molar-refractivity contribution in [1.29, 1.82) is 5.26 Å². The molecule has 0 N–H and O–H groups in total. The van der Waals surface area contributed by atoms with Gasteiger partial charge in [0.2, 0.25) is 0 Å². The fourth-order valence-electron chi connectivity index (χ4n) is 0.754. The van der Waals surface area contributed by atoms with Gasteiger partial charge in [-0.05, 0) is 12.5 Å². The first-order valence-corrected chi connectivity index (χ1v) is 4.19. The Labute approximate surface area is 73.6 Å². The van der Waals surface area contributed by atoms with E-state index in [1.54, 1.807) is 10.9 Å². The number of rotatable bonds is 2. The van der Waals surface area contributed by atoms with Crippen molar-refractivity contribution in [3.63, 3.8) is 0 Å². The maximum atomic E-state index is 8.24. The molecule has 0 unspecified atom stereocenters. The van der Waals surface area contributed by atoms with Crippen LogP contribution in [-0.2, 0) is 6.54 Å². The molecule has 0 spiro atoms. The van der Waals surface area contributed by atoms with Gasteiger partial charge in [-0.1, -0.05) is 13.8 Å². The van der Waals surface area contributed by atoms with E-state index in [0.29, 0.717) is 13.0 Å². The monoisotopic (exact) mass is 165 g/mol. The van der Waals surface area contributed by atoms with Crippen LogP contribution in [0.3, 0.4) is 0 Å². The molecule has 1 aromatic heterocycles. The van der Waals surface area contributed by atoms with Gasteiger partial charge < -0.3 is 0 Å². The second-order valence-electron chi connectivity index (χ2n) is 2.19. The number of aryl methyl sites for hydroxylation is 2. The molecule has 3 nitrogen and oxygen atoms in total. The lowest BCUT2D eigenvalue weighted by Crippen LogP contribution is -1.96. The molecule has 0 bridgehead atoms. The summed E-state index contributed by atoms with van der Waals surface area (Å²) in [7, 11) is 0. The van der Waals surface area contributed by atoms with Gasteiger partial charge in [0.25, 0.3) is 0 Å². The molecular formula is C9H15N3. The van der Waals surface area contributed by atoms with Crippen LogP contribution < -0.4 is 0 Å². The van der Waals surface area contributed by atoms with E-state index in [2.05, 4.69) is 11.2 Å². The molecule has 0 amide bonds. The van der Waals surface area contributed by atoms with Gasteiger partial charge in [0.05, 0.1) is 25.2 Å². The fraction of sp³-hybridized carbons (Fsp3) is 0.556. The van der Waals surface area contributed by atoms with Crippen LogP contribution in [0.15, 0.2) is 12.4 Å². The lowest BCUT2D eigenvalue weighted by Gasteiger charge is -1.92. The van der Waals surface area contributed by atoms with Gasteiger partial charge in [-0.15, -0.1) is 0 Å². The molecule has 1 aromatic rings. The van der Waals surface area contributed by atoms with E-state index in [-0.39, 0.29) is 0 Å². The van der Waals surface area contributed by atoms with E-state index >= 15 is 0 Å². The van der Waals surface area contributed by atoms with Gasteiger partial charge in [0, 0.05) is 6.20 Å². The predicted octanol–water partition coefficient (Wildman–Crippen LogP) is 2.13. The lowest BCUT2D eigenvalue weighted by molar-refractivity contribution is 0.627. The third-order valence-electron chi connectivity index (χ3n) is 1.22. The molecule has 0 aliphatic heterocycles. The first-order valence-electron chi connectivity index (χ1n) is 4.19. The molecule has 12 heavy (non-hydrogen) atoms. The number of hydrogen-bond acceptors (Lipinski definition) is 2. The van der Waals surface area contributed by atoms with Crippen molar-refractivity contribution in [2.75, 3.05) is 0 Å². The highest BCUT2D eigenvalue weighted by atomic mass is 15.3. The van der Waals surface area contributed by atoms with Gasteiger partial charge in [-0.25, -0.2) is 0 Å². The lowest BCUT2D eigenvalue weighted by atomic mass is 10.4. The zero-order chi connectivity index (χ0) is 9.40. The third-order valence-corrected chi connectivity index (χ3v) is 1.22. The van der Waals surface area contributed by atoms with Crippen LogP contribution in [0.4, 0.5) is 0 Å². The second-order valence-corrected chi connectivity index (χ2v) is 2.19. The molecule has 0 aromatic carbocycles. The van der Waals surface area contributed by atoms with Gasteiger partial charge >= 0.3 is 0 Å². The van der Waals surface area contributed by atoms with Crippen LogP contribution >= 0.6 is 0 Å². The molecule has 0 saturated carbocycles. The molecule has 0 atom stereocenters. The Balaban J connectivity index is 0.000000561. The fourth-order valence-corrected chi connectivity index (χ4v) is 0.754. The third kappa shape index (κ3) is 3.77. The second kappa shape index (κ2) is 6.41. The zero-order valence-electron chi connectivity index (χ0n) is 7.91. The number of nitriles is 1. The van der Waals surface area contributed by atoms with Crippen LogP contribution in [0.5, 0.6) is 0 Å². The van der Waals surface area contributed by atoms with Crippen molar-refractivity contribution >= 4 is 0 Å². The van der Waals surface area contributed by atoms with Gasteiger partial charge in [-0.3, -0.25) is 4.68 Å². The highest BCUT2D eigenvalue weighted by Crippen LogP contribution is 1.94. The molecule has 1 rings (SSSR count). The quantitative estimate of drug-likeness (QED) is 0.673. The van der Waals surface area contributed by atoms with Crippen LogP contribution in [0.25, 0.3) is 0 Å². The minimum atomic E-state index is 0.529. The first-order chi connectivity index (χ1) is 5.83.